The molecule has 0 aliphatic rings. The number of anilines is 2. The highest BCUT2D eigenvalue weighted by Crippen LogP contribution is 2.24. The van der Waals surface area contributed by atoms with Crippen molar-refractivity contribution < 1.29 is 0 Å². The van der Waals surface area contributed by atoms with Crippen molar-refractivity contribution in [3.8, 4) is 0 Å². The Labute approximate surface area is 124 Å². The predicted molar refractivity (Wildman–Crippen MR) is 87.7 cm³/mol. The first-order chi connectivity index (χ1) is 9.53. The van der Waals surface area contributed by atoms with Gasteiger partial charge in [0.25, 0.3) is 0 Å². The van der Waals surface area contributed by atoms with E-state index in [1.165, 1.54) is 0 Å². The van der Waals surface area contributed by atoms with E-state index in [2.05, 4.69) is 56.7 Å². The fraction of sp³-hybridized carbons (Fsp3) is 0.750. The van der Waals surface area contributed by atoms with E-state index in [9.17, 15) is 0 Å². The van der Waals surface area contributed by atoms with Gasteiger partial charge in [0.1, 0.15) is 17.5 Å². The van der Waals surface area contributed by atoms with Crippen LogP contribution in [0, 0.1) is 12.8 Å². The zero-order chi connectivity index (χ0) is 15.1. The molecule has 0 saturated heterocycles. The second-order valence-corrected chi connectivity index (χ2v) is 5.65. The highest BCUT2D eigenvalue weighted by molar-refractivity contribution is 5.58. The van der Waals surface area contributed by atoms with Crippen LogP contribution in [0.5, 0.6) is 0 Å². The van der Waals surface area contributed by atoms with Crippen LogP contribution < -0.4 is 10.2 Å². The molecule has 1 heterocycles. The number of rotatable bonds is 8. The van der Waals surface area contributed by atoms with Crippen molar-refractivity contribution in [1.82, 2.24) is 9.97 Å². The minimum atomic E-state index is 0.626. The number of nitrogens with zero attached hydrogens (tertiary/aromatic N) is 3. The number of aromatic nitrogens is 2. The van der Waals surface area contributed by atoms with Gasteiger partial charge >= 0.3 is 0 Å². The largest absolute Gasteiger partial charge is 0.370 e. The van der Waals surface area contributed by atoms with E-state index < -0.39 is 0 Å². The first-order valence-electron chi connectivity index (χ1n) is 7.89. The maximum absolute atomic E-state index is 4.80. The monoisotopic (exact) mass is 278 g/mol. The summed E-state index contributed by atoms with van der Waals surface area (Å²) in [5.41, 5.74) is 1.16. The molecular formula is C16H30N4. The van der Waals surface area contributed by atoms with Crippen molar-refractivity contribution in [3.05, 3.63) is 11.4 Å². The van der Waals surface area contributed by atoms with E-state index >= 15 is 0 Å². The molecule has 4 heteroatoms. The van der Waals surface area contributed by atoms with Gasteiger partial charge in [0, 0.05) is 31.6 Å². The van der Waals surface area contributed by atoms with Crippen molar-refractivity contribution in [2.24, 2.45) is 5.92 Å². The lowest BCUT2D eigenvalue weighted by Gasteiger charge is -2.27. The van der Waals surface area contributed by atoms with Crippen molar-refractivity contribution in [3.63, 3.8) is 0 Å². The standard InChI is InChI=1S/C16H30N4/c1-7-10-14-18-15(17-8-2)13(6)16(19-14)20(9-3)11-12(4)5/h12H,7-11H2,1-6H3,(H,17,18,19). The van der Waals surface area contributed by atoms with Gasteiger partial charge in [0.05, 0.1) is 0 Å². The summed E-state index contributed by atoms with van der Waals surface area (Å²) < 4.78 is 0. The van der Waals surface area contributed by atoms with Crippen molar-refractivity contribution in [1.29, 1.82) is 0 Å². The Morgan fingerprint density at radius 2 is 1.85 bits per heavy atom. The van der Waals surface area contributed by atoms with E-state index in [4.69, 9.17) is 4.98 Å². The number of hydrogen-bond donors (Lipinski definition) is 1. The molecule has 0 bridgehead atoms. The summed E-state index contributed by atoms with van der Waals surface area (Å²) in [7, 11) is 0. The van der Waals surface area contributed by atoms with Crippen LogP contribution in [0.25, 0.3) is 0 Å². The summed E-state index contributed by atoms with van der Waals surface area (Å²) in [5.74, 6) is 3.66. The molecule has 0 amide bonds. The lowest BCUT2D eigenvalue weighted by Crippen LogP contribution is -2.29. The van der Waals surface area contributed by atoms with Crippen molar-refractivity contribution in [2.75, 3.05) is 29.9 Å². The molecule has 0 unspecified atom stereocenters. The molecule has 0 radical (unpaired) electrons. The second kappa shape index (κ2) is 8.08. The lowest BCUT2D eigenvalue weighted by molar-refractivity contribution is 0.611. The van der Waals surface area contributed by atoms with Crippen LogP contribution in [-0.4, -0.2) is 29.6 Å². The third-order valence-electron chi connectivity index (χ3n) is 3.25. The summed E-state index contributed by atoms with van der Waals surface area (Å²) in [6.45, 7) is 16.0. The molecule has 20 heavy (non-hydrogen) atoms. The van der Waals surface area contributed by atoms with Crippen LogP contribution in [0.2, 0.25) is 0 Å². The molecule has 114 valence electrons. The van der Waals surface area contributed by atoms with Crippen LogP contribution in [0.4, 0.5) is 11.6 Å². The molecule has 4 nitrogen and oxygen atoms in total. The fourth-order valence-electron chi connectivity index (χ4n) is 2.34. The Morgan fingerprint density at radius 3 is 2.35 bits per heavy atom. The lowest BCUT2D eigenvalue weighted by atomic mass is 10.2. The maximum atomic E-state index is 4.80. The minimum Gasteiger partial charge on any atom is -0.370 e. The van der Waals surface area contributed by atoms with Gasteiger partial charge in [-0.3, -0.25) is 0 Å². The average molecular weight is 278 g/mol. The Balaban J connectivity index is 3.19. The van der Waals surface area contributed by atoms with Gasteiger partial charge in [-0.2, -0.15) is 0 Å². The third-order valence-corrected chi connectivity index (χ3v) is 3.25. The fourth-order valence-corrected chi connectivity index (χ4v) is 2.34. The molecule has 0 saturated carbocycles. The van der Waals surface area contributed by atoms with Gasteiger partial charge in [-0.25, -0.2) is 9.97 Å². The number of hydrogen-bond acceptors (Lipinski definition) is 4. The van der Waals surface area contributed by atoms with Gasteiger partial charge in [-0.1, -0.05) is 20.8 Å². The van der Waals surface area contributed by atoms with E-state index in [0.29, 0.717) is 5.92 Å². The number of aryl methyl sites for hydroxylation is 1. The summed E-state index contributed by atoms with van der Waals surface area (Å²) in [6, 6.07) is 0. The first-order valence-corrected chi connectivity index (χ1v) is 7.89. The van der Waals surface area contributed by atoms with Crippen LogP contribution >= 0.6 is 0 Å². The quantitative estimate of drug-likeness (QED) is 0.788. The summed E-state index contributed by atoms with van der Waals surface area (Å²) in [4.78, 5) is 11.8. The van der Waals surface area contributed by atoms with Gasteiger partial charge < -0.3 is 10.2 Å². The molecule has 0 aromatic carbocycles. The SMILES string of the molecule is CCCc1nc(NCC)c(C)c(N(CC)CC(C)C)n1. The number of nitrogens with one attached hydrogen (secondary N) is 1. The highest BCUT2D eigenvalue weighted by atomic mass is 15.2. The molecule has 0 aliphatic heterocycles. The smallest absolute Gasteiger partial charge is 0.137 e. The topological polar surface area (TPSA) is 41.1 Å². The van der Waals surface area contributed by atoms with Crippen molar-refractivity contribution in [2.45, 2.75) is 54.4 Å². The Hall–Kier alpha value is -1.32. The third kappa shape index (κ3) is 4.36. The first kappa shape index (κ1) is 16.7. The predicted octanol–water partition coefficient (Wildman–Crippen LogP) is 3.65. The van der Waals surface area contributed by atoms with E-state index in [1.807, 2.05) is 0 Å². The molecule has 0 spiro atoms. The Bertz CT molecular complexity index is 415. The van der Waals surface area contributed by atoms with Gasteiger partial charge in [-0.05, 0) is 33.1 Å². The van der Waals surface area contributed by atoms with Crippen LogP contribution in [0.1, 0.15) is 52.4 Å². The van der Waals surface area contributed by atoms with Crippen molar-refractivity contribution >= 4 is 11.6 Å². The van der Waals surface area contributed by atoms with Crippen LogP contribution in [0.15, 0.2) is 0 Å². The van der Waals surface area contributed by atoms with E-state index in [-0.39, 0.29) is 0 Å². The molecule has 0 atom stereocenters. The van der Waals surface area contributed by atoms with Crippen LogP contribution in [0.3, 0.4) is 0 Å². The van der Waals surface area contributed by atoms with Gasteiger partial charge in [0.2, 0.25) is 0 Å². The van der Waals surface area contributed by atoms with Gasteiger partial charge in [-0.15, -0.1) is 0 Å². The molecule has 1 N–H and O–H groups in total. The molecule has 1 rings (SSSR count). The minimum absolute atomic E-state index is 0.626. The molecular weight excluding hydrogens is 248 g/mol. The Morgan fingerprint density at radius 1 is 1.15 bits per heavy atom. The second-order valence-electron chi connectivity index (χ2n) is 5.65. The molecule has 1 aromatic heterocycles. The van der Waals surface area contributed by atoms with E-state index in [1.54, 1.807) is 0 Å². The maximum Gasteiger partial charge on any atom is 0.137 e. The van der Waals surface area contributed by atoms with Gasteiger partial charge in [0.15, 0.2) is 0 Å². The summed E-state index contributed by atoms with van der Waals surface area (Å²) in [6.07, 6.45) is 2.01. The van der Waals surface area contributed by atoms with Crippen LogP contribution in [-0.2, 0) is 6.42 Å². The zero-order valence-corrected chi connectivity index (χ0v) is 14.0. The summed E-state index contributed by atoms with van der Waals surface area (Å²) in [5, 5.41) is 3.37. The molecule has 0 fully saturated rings. The summed E-state index contributed by atoms with van der Waals surface area (Å²) >= 11 is 0. The zero-order valence-electron chi connectivity index (χ0n) is 14.0. The van der Waals surface area contributed by atoms with E-state index in [0.717, 1.165) is 55.5 Å². The molecule has 1 aromatic rings. The average Bonchev–Trinajstić information content (AvgIpc) is 2.40. The normalized spacial score (nSPS) is 10.9. The Kier molecular flexibility index (Phi) is 6.76. The molecule has 0 aliphatic carbocycles. The highest BCUT2D eigenvalue weighted by Gasteiger charge is 2.16.